The van der Waals surface area contributed by atoms with E-state index in [0.29, 0.717) is 36.3 Å². The Bertz CT molecular complexity index is 1180. The van der Waals surface area contributed by atoms with E-state index in [1.165, 1.54) is 0 Å². The second-order valence-electron chi connectivity index (χ2n) is 9.18. The Morgan fingerprint density at radius 2 is 1.80 bits per heavy atom. The van der Waals surface area contributed by atoms with Crippen molar-refractivity contribution < 1.29 is 14.6 Å². The third-order valence-electron chi connectivity index (χ3n) is 6.64. The van der Waals surface area contributed by atoms with Gasteiger partial charge in [-0.25, -0.2) is 4.79 Å². The number of carbonyl (C=O) groups is 1. The maximum absolute atomic E-state index is 10.7. The van der Waals surface area contributed by atoms with E-state index in [0.717, 1.165) is 60.3 Å². The predicted octanol–water partition coefficient (Wildman–Crippen LogP) is 6.23. The molecule has 182 valence electrons. The Morgan fingerprint density at radius 3 is 2.49 bits per heavy atom. The number of halogens is 1. The van der Waals surface area contributed by atoms with E-state index in [-0.39, 0.29) is 6.61 Å². The lowest BCUT2D eigenvalue weighted by molar-refractivity contribution is -0.142. The van der Waals surface area contributed by atoms with Gasteiger partial charge in [0, 0.05) is 35.5 Å². The van der Waals surface area contributed by atoms with Crippen molar-refractivity contribution in [1.29, 1.82) is 5.26 Å². The minimum atomic E-state index is -0.923. The minimum absolute atomic E-state index is 0.231. The molecule has 0 unspecified atom stereocenters. The van der Waals surface area contributed by atoms with Crippen molar-refractivity contribution in [2.75, 3.05) is 13.2 Å². The van der Waals surface area contributed by atoms with Crippen molar-refractivity contribution in [3.05, 3.63) is 65.3 Å². The molecular formula is C28H30ClN3O3. The second-order valence-corrected chi connectivity index (χ2v) is 9.62. The number of carboxylic acids is 1. The van der Waals surface area contributed by atoms with Gasteiger partial charge in [0.15, 0.2) is 0 Å². The van der Waals surface area contributed by atoms with Gasteiger partial charge in [-0.05, 0) is 55.2 Å². The molecule has 0 aliphatic heterocycles. The van der Waals surface area contributed by atoms with Crippen LogP contribution in [0.15, 0.2) is 54.6 Å². The predicted molar refractivity (Wildman–Crippen MR) is 136 cm³/mol. The third-order valence-corrected chi connectivity index (χ3v) is 6.87. The summed E-state index contributed by atoms with van der Waals surface area (Å²) < 4.78 is 7.46. The molecule has 6 nitrogen and oxygen atoms in total. The zero-order chi connectivity index (χ0) is 24.6. The molecule has 0 spiro atoms. The highest BCUT2D eigenvalue weighted by molar-refractivity contribution is 6.30. The van der Waals surface area contributed by atoms with E-state index in [9.17, 15) is 10.1 Å². The third kappa shape index (κ3) is 6.50. The first-order chi connectivity index (χ1) is 17.0. The summed E-state index contributed by atoms with van der Waals surface area (Å²) in [5, 5.41) is 23.8. The van der Waals surface area contributed by atoms with E-state index in [1.807, 2.05) is 36.4 Å². The van der Waals surface area contributed by atoms with Crippen molar-refractivity contribution in [2.24, 2.45) is 11.8 Å². The molecule has 2 aromatic carbocycles. The highest BCUT2D eigenvalue weighted by Gasteiger charge is 2.26. The quantitative estimate of drug-likeness (QED) is 0.363. The maximum Gasteiger partial charge on any atom is 0.329 e. The Morgan fingerprint density at radius 1 is 1.09 bits per heavy atom. The molecule has 1 saturated carbocycles. The number of aromatic nitrogens is 2. The van der Waals surface area contributed by atoms with E-state index in [4.69, 9.17) is 26.5 Å². The summed E-state index contributed by atoms with van der Waals surface area (Å²) in [6, 6.07) is 20.4. The molecule has 3 aromatic rings. The summed E-state index contributed by atoms with van der Waals surface area (Å²) >= 11 is 6.36. The van der Waals surface area contributed by atoms with Gasteiger partial charge >= 0.3 is 5.97 Å². The molecule has 0 atom stereocenters. The summed E-state index contributed by atoms with van der Waals surface area (Å²) in [4.78, 5) is 10.7. The number of aryl methyl sites for hydroxylation is 1. The van der Waals surface area contributed by atoms with Gasteiger partial charge in [-0.3, -0.25) is 4.68 Å². The molecule has 0 amide bonds. The monoisotopic (exact) mass is 491 g/mol. The van der Waals surface area contributed by atoms with Crippen LogP contribution in [0.5, 0.6) is 0 Å². The number of hydrogen-bond acceptors (Lipinski definition) is 4. The van der Waals surface area contributed by atoms with Crippen LogP contribution in [-0.2, 0) is 22.5 Å². The zero-order valence-electron chi connectivity index (χ0n) is 19.7. The molecule has 1 fully saturated rings. The zero-order valence-corrected chi connectivity index (χ0v) is 20.5. The largest absolute Gasteiger partial charge is 0.480 e. The van der Waals surface area contributed by atoms with Crippen LogP contribution in [0.4, 0.5) is 0 Å². The normalized spacial score (nSPS) is 17.7. The highest BCUT2D eigenvalue weighted by Crippen LogP contribution is 2.38. The summed E-state index contributed by atoms with van der Waals surface area (Å²) in [7, 11) is 0. The van der Waals surface area contributed by atoms with Crippen molar-refractivity contribution in [2.45, 2.75) is 45.1 Å². The van der Waals surface area contributed by atoms with Crippen LogP contribution in [0.1, 0.15) is 37.8 Å². The van der Waals surface area contributed by atoms with Gasteiger partial charge in [-0.15, -0.1) is 0 Å². The van der Waals surface area contributed by atoms with Crippen LogP contribution in [0, 0.1) is 23.2 Å². The molecule has 0 radical (unpaired) electrons. The first-order valence-electron chi connectivity index (χ1n) is 12.1. The summed E-state index contributed by atoms with van der Waals surface area (Å²) in [6.07, 6.45) is 5.13. The lowest BCUT2D eigenvalue weighted by Crippen LogP contribution is -2.23. The van der Waals surface area contributed by atoms with Crippen LogP contribution in [-0.4, -0.2) is 34.1 Å². The molecule has 0 bridgehead atoms. The van der Waals surface area contributed by atoms with Crippen molar-refractivity contribution in [3.8, 4) is 28.5 Å². The Balaban J connectivity index is 1.62. The lowest BCUT2D eigenvalue weighted by atomic mass is 9.82. The topological polar surface area (TPSA) is 88.1 Å². The van der Waals surface area contributed by atoms with Crippen molar-refractivity contribution >= 4 is 17.6 Å². The number of rotatable bonds is 10. The molecule has 1 N–H and O–H groups in total. The van der Waals surface area contributed by atoms with E-state index < -0.39 is 5.97 Å². The molecule has 1 heterocycles. The average molecular weight is 492 g/mol. The molecule has 1 aliphatic rings. The Labute approximate surface area is 211 Å². The first-order valence-corrected chi connectivity index (χ1v) is 12.5. The van der Waals surface area contributed by atoms with E-state index in [2.05, 4.69) is 29.0 Å². The molecule has 1 aromatic heterocycles. The fraction of sp³-hybridized carbons (Fsp3) is 0.393. The van der Waals surface area contributed by atoms with Crippen LogP contribution in [0.2, 0.25) is 5.02 Å². The fourth-order valence-corrected chi connectivity index (χ4v) is 5.16. The molecular weight excluding hydrogens is 462 g/mol. The van der Waals surface area contributed by atoms with Gasteiger partial charge in [0.05, 0.1) is 24.1 Å². The Kier molecular flexibility index (Phi) is 8.57. The summed E-state index contributed by atoms with van der Waals surface area (Å²) in [6.45, 7) is 1.08. The average Bonchev–Trinajstić information content (AvgIpc) is 3.22. The minimum Gasteiger partial charge on any atom is -0.480 e. The number of nitrogens with zero attached hydrogens (tertiary/aromatic N) is 3. The van der Waals surface area contributed by atoms with Crippen LogP contribution in [0.3, 0.4) is 0 Å². The second kappa shape index (κ2) is 12.0. The smallest absolute Gasteiger partial charge is 0.329 e. The van der Waals surface area contributed by atoms with E-state index >= 15 is 0 Å². The molecule has 1 aliphatic carbocycles. The number of aliphatic carboxylic acids is 1. The standard InChI is InChI=1S/C28H30ClN3O3/c29-24-9-4-8-23(16-24)27-25(10-5-15-30)31-32(28(27)22-6-2-1-3-7-22)17-20-11-13-21(14-12-20)18-35-19-26(33)34/h1-4,6-9,16,20-21H,5,10-14,17-19H2,(H,33,34)/t20-,21+. The summed E-state index contributed by atoms with van der Waals surface area (Å²) in [5.74, 6) is -0.0392. The summed E-state index contributed by atoms with van der Waals surface area (Å²) in [5.41, 5.74) is 5.13. The number of hydrogen-bond donors (Lipinski definition) is 1. The molecule has 35 heavy (non-hydrogen) atoms. The van der Waals surface area contributed by atoms with E-state index in [1.54, 1.807) is 0 Å². The van der Waals surface area contributed by atoms with Gasteiger partial charge in [0.25, 0.3) is 0 Å². The number of carboxylic acid groups (broad SMARTS) is 1. The SMILES string of the molecule is N#CCCc1nn(C[C@H]2CC[C@@H](COCC(=O)O)CC2)c(-c2ccccc2)c1-c1cccc(Cl)c1. The lowest BCUT2D eigenvalue weighted by Gasteiger charge is -2.28. The van der Waals surface area contributed by atoms with Gasteiger partial charge < -0.3 is 9.84 Å². The van der Waals surface area contributed by atoms with Crippen molar-refractivity contribution in [3.63, 3.8) is 0 Å². The number of benzene rings is 2. The maximum atomic E-state index is 10.7. The van der Waals surface area contributed by atoms with Crippen LogP contribution >= 0.6 is 11.6 Å². The van der Waals surface area contributed by atoms with Gasteiger partial charge in [-0.2, -0.15) is 10.4 Å². The Hall–Kier alpha value is -3.14. The van der Waals surface area contributed by atoms with Crippen LogP contribution < -0.4 is 0 Å². The van der Waals surface area contributed by atoms with Gasteiger partial charge in [0.1, 0.15) is 6.61 Å². The molecule has 4 rings (SSSR count). The molecule has 0 saturated heterocycles. The number of nitriles is 1. The van der Waals surface area contributed by atoms with Gasteiger partial charge in [0.2, 0.25) is 0 Å². The van der Waals surface area contributed by atoms with Crippen molar-refractivity contribution in [1.82, 2.24) is 9.78 Å². The van der Waals surface area contributed by atoms with Gasteiger partial charge in [-0.1, -0.05) is 54.1 Å². The fourth-order valence-electron chi connectivity index (χ4n) is 4.97. The highest BCUT2D eigenvalue weighted by atomic mass is 35.5. The molecule has 7 heteroatoms. The van der Waals surface area contributed by atoms with Crippen LogP contribution in [0.25, 0.3) is 22.4 Å². The number of ether oxygens (including phenoxy) is 1. The first kappa shape index (κ1) is 25.0.